The van der Waals surface area contributed by atoms with E-state index in [1.54, 1.807) is 11.3 Å². The largest absolute Gasteiger partial charge is 0.435 e. The molecule has 2 nitrogen and oxygen atoms in total. The van der Waals surface area contributed by atoms with E-state index in [1.807, 2.05) is 12.3 Å². The van der Waals surface area contributed by atoms with Gasteiger partial charge in [-0.25, -0.2) is 4.99 Å². The first-order chi connectivity index (χ1) is 7.93. The number of aryl methyl sites for hydroxylation is 1. The minimum atomic E-state index is 0.0662. The molecule has 1 heterocycles. The summed E-state index contributed by atoms with van der Waals surface area (Å²) in [5.41, 5.74) is 0.375. The van der Waals surface area contributed by atoms with E-state index < -0.39 is 0 Å². The molecule has 0 spiro atoms. The van der Waals surface area contributed by atoms with Crippen LogP contribution in [0.5, 0.6) is 0 Å². The molecular weight excluding hydrogens is 230 g/mol. The van der Waals surface area contributed by atoms with E-state index in [0.29, 0.717) is 5.41 Å². The van der Waals surface area contributed by atoms with E-state index in [4.69, 9.17) is 9.41 Å². The molecular formula is C14H21NOS. The lowest BCUT2D eigenvalue weighted by Gasteiger charge is -2.44. The van der Waals surface area contributed by atoms with Gasteiger partial charge >= 0.3 is 0 Å². The molecule has 0 saturated heterocycles. The highest BCUT2D eigenvalue weighted by Crippen LogP contribution is 2.62. The third-order valence-corrected chi connectivity index (χ3v) is 6.28. The molecule has 2 aliphatic carbocycles. The topological polar surface area (TPSA) is 25.5 Å². The third-order valence-electron chi connectivity index (χ3n) is 5.45. The highest BCUT2D eigenvalue weighted by atomic mass is 32.1. The molecule has 2 bridgehead atoms. The fourth-order valence-electron chi connectivity index (χ4n) is 3.88. The first-order valence-corrected chi connectivity index (χ1v) is 7.42. The molecule has 17 heavy (non-hydrogen) atoms. The second kappa shape index (κ2) is 3.47. The van der Waals surface area contributed by atoms with Gasteiger partial charge in [-0.15, -0.1) is 0 Å². The molecule has 0 N–H and O–H groups in total. The summed E-state index contributed by atoms with van der Waals surface area (Å²) in [6, 6.07) is 0. The Morgan fingerprint density at radius 3 is 2.53 bits per heavy atom. The van der Waals surface area contributed by atoms with Crippen LogP contribution in [0.2, 0.25) is 0 Å². The maximum absolute atomic E-state index is 5.66. The second-order valence-corrected chi connectivity index (χ2v) is 7.22. The van der Waals surface area contributed by atoms with Crippen LogP contribution in [0.4, 0.5) is 0 Å². The zero-order valence-corrected chi connectivity index (χ0v) is 11.9. The minimum Gasteiger partial charge on any atom is -0.435 e. The SMILES string of the molecule is Cc1csc(=NC2(C)C3CCC(C3)C2(C)C)o1. The van der Waals surface area contributed by atoms with Gasteiger partial charge < -0.3 is 4.42 Å². The Bertz CT molecular complexity index is 498. The predicted octanol–water partition coefficient (Wildman–Crippen LogP) is 3.77. The van der Waals surface area contributed by atoms with Gasteiger partial charge in [-0.3, -0.25) is 0 Å². The van der Waals surface area contributed by atoms with Gasteiger partial charge in [-0.1, -0.05) is 25.2 Å². The maximum atomic E-state index is 5.66. The molecule has 3 unspecified atom stereocenters. The Balaban J connectivity index is 2.07. The van der Waals surface area contributed by atoms with Crippen LogP contribution in [-0.2, 0) is 0 Å². The molecule has 2 fully saturated rings. The summed E-state index contributed by atoms with van der Waals surface area (Å²) in [7, 11) is 0. The zero-order valence-electron chi connectivity index (χ0n) is 11.1. The molecule has 1 aromatic heterocycles. The summed E-state index contributed by atoms with van der Waals surface area (Å²) in [6.45, 7) is 9.10. The lowest BCUT2D eigenvalue weighted by atomic mass is 9.64. The molecule has 3 rings (SSSR count). The average Bonchev–Trinajstić information content (AvgIpc) is 2.88. The molecule has 0 amide bonds. The van der Waals surface area contributed by atoms with Crippen LogP contribution in [0.3, 0.4) is 0 Å². The molecule has 94 valence electrons. The first kappa shape index (κ1) is 11.5. The Hall–Kier alpha value is -0.570. The van der Waals surface area contributed by atoms with Crippen molar-refractivity contribution in [3.8, 4) is 0 Å². The van der Waals surface area contributed by atoms with Crippen LogP contribution in [0, 0.1) is 24.2 Å². The van der Waals surface area contributed by atoms with E-state index in [-0.39, 0.29) is 5.54 Å². The third kappa shape index (κ3) is 1.48. The summed E-state index contributed by atoms with van der Waals surface area (Å²) in [6.07, 6.45) is 4.10. The van der Waals surface area contributed by atoms with Crippen LogP contribution in [0.1, 0.15) is 45.8 Å². The van der Waals surface area contributed by atoms with Crippen LogP contribution >= 0.6 is 11.3 Å². The zero-order chi connectivity index (χ0) is 12.3. The Labute approximate surface area is 107 Å². The first-order valence-electron chi connectivity index (χ1n) is 6.54. The predicted molar refractivity (Wildman–Crippen MR) is 69.9 cm³/mol. The standard InChI is InChI=1S/C14H21NOS/c1-9-8-17-12(16-9)15-14(4)11-6-5-10(7-11)13(14,2)3/h8,10-11H,5-7H2,1-4H3. The molecule has 0 radical (unpaired) electrons. The van der Waals surface area contributed by atoms with Gasteiger partial charge in [0.15, 0.2) is 0 Å². The van der Waals surface area contributed by atoms with Crippen molar-refractivity contribution in [1.29, 1.82) is 0 Å². The average molecular weight is 251 g/mol. The van der Waals surface area contributed by atoms with E-state index in [2.05, 4.69) is 20.8 Å². The molecule has 2 aliphatic rings. The van der Waals surface area contributed by atoms with Crippen LogP contribution in [0.15, 0.2) is 14.8 Å². The highest BCUT2D eigenvalue weighted by molar-refractivity contribution is 7.06. The van der Waals surface area contributed by atoms with Crippen molar-refractivity contribution in [2.75, 3.05) is 0 Å². The van der Waals surface area contributed by atoms with Crippen molar-refractivity contribution in [2.24, 2.45) is 22.2 Å². The molecule has 0 aliphatic heterocycles. The van der Waals surface area contributed by atoms with Crippen LogP contribution < -0.4 is 4.87 Å². The van der Waals surface area contributed by atoms with Gasteiger partial charge in [-0.05, 0) is 50.4 Å². The van der Waals surface area contributed by atoms with Crippen molar-refractivity contribution < 1.29 is 4.42 Å². The van der Waals surface area contributed by atoms with Gasteiger partial charge in [-0.2, -0.15) is 0 Å². The van der Waals surface area contributed by atoms with Crippen molar-refractivity contribution in [1.82, 2.24) is 0 Å². The number of nitrogens with zero attached hydrogens (tertiary/aromatic N) is 1. The van der Waals surface area contributed by atoms with Crippen LogP contribution in [-0.4, -0.2) is 5.54 Å². The summed E-state index contributed by atoms with van der Waals surface area (Å²) in [4.78, 5) is 5.85. The Morgan fingerprint density at radius 2 is 2.00 bits per heavy atom. The minimum absolute atomic E-state index is 0.0662. The fraction of sp³-hybridized carbons (Fsp3) is 0.786. The number of rotatable bonds is 1. The number of hydrogen-bond acceptors (Lipinski definition) is 3. The van der Waals surface area contributed by atoms with Crippen molar-refractivity contribution in [2.45, 2.75) is 52.5 Å². The number of hydrogen-bond donors (Lipinski definition) is 0. The van der Waals surface area contributed by atoms with Crippen molar-refractivity contribution >= 4 is 11.3 Å². The normalized spacial score (nSPS) is 40.1. The fourth-order valence-corrected chi connectivity index (χ4v) is 4.62. The lowest BCUT2D eigenvalue weighted by Crippen LogP contribution is -2.46. The monoisotopic (exact) mass is 251 g/mol. The van der Waals surface area contributed by atoms with E-state index in [0.717, 1.165) is 22.5 Å². The lowest BCUT2D eigenvalue weighted by molar-refractivity contribution is 0.0979. The Morgan fingerprint density at radius 1 is 1.29 bits per heavy atom. The highest BCUT2D eigenvalue weighted by Gasteiger charge is 2.60. The van der Waals surface area contributed by atoms with E-state index in [1.165, 1.54) is 19.3 Å². The van der Waals surface area contributed by atoms with Crippen LogP contribution in [0.25, 0.3) is 0 Å². The van der Waals surface area contributed by atoms with E-state index in [9.17, 15) is 0 Å². The molecule has 1 aromatic rings. The maximum Gasteiger partial charge on any atom is 0.274 e. The van der Waals surface area contributed by atoms with E-state index >= 15 is 0 Å². The summed E-state index contributed by atoms with van der Waals surface area (Å²) >= 11 is 1.63. The molecule has 3 atom stereocenters. The smallest absolute Gasteiger partial charge is 0.274 e. The summed E-state index contributed by atoms with van der Waals surface area (Å²) < 4.78 is 5.66. The van der Waals surface area contributed by atoms with Gasteiger partial charge in [0.25, 0.3) is 4.87 Å². The summed E-state index contributed by atoms with van der Waals surface area (Å²) in [5.74, 6) is 2.57. The van der Waals surface area contributed by atoms with Crippen molar-refractivity contribution in [3.63, 3.8) is 0 Å². The second-order valence-electron chi connectivity index (χ2n) is 6.40. The van der Waals surface area contributed by atoms with Gasteiger partial charge in [0.1, 0.15) is 5.76 Å². The van der Waals surface area contributed by atoms with Gasteiger partial charge in [0.05, 0.1) is 5.54 Å². The van der Waals surface area contributed by atoms with Gasteiger partial charge in [0.2, 0.25) is 0 Å². The van der Waals surface area contributed by atoms with Gasteiger partial charge in [0, 0.05) is 5.38 Å². The summed E-state index contributed by atoms with van der Waals surface area (Å²) in [5, 5.41) is 2.04. The van der Waals surface area contributed by atoms with Crippen molar-refractivity contribution in [3.05, 3.63) is 16.0 Å². The molecule has 0 aromatic carbocycles. The Kier molecular flexibility index (Phi) is 2.35. The molecule has 3 heteroatoms. The molecule has 2 saturated carbocycles. The number of fused-ring (bicyclic) bond motifs is 2. The quantitative estimate of drug-likeness (QED) is 0.746.